The molecule has 0 aromatic rings. The lowest BCUT2D eigenvalue weighted by molar-refractivity contribution is -0.144. The maximum atomic E-state index is 11.6. The van der Waals surface area contributed by atoms with Crippen LogP contribution in [-0.4, -0.2) is 13.2 Å². The predicted octanol–water partition coefficient (Wildman–Crippen LogP) is 2.66. The van der Waals surface area contributed by atoms with E-state index >= 15 is 0 Å². The van der Waals surface area contributed by atoms with Gasteiger partial charge in [0.1, 0.15) is 0 Å². The molecule has 3 heteroatoms. The summed E-state index contributed by atoms with van der Waals surface area (Å²) in [6.07, 6.45) is 2.08. The van der Waals surface area contributed by atoms with Crippen LogP contribution >= 0.6 is 0 Å². The van der Waals surface area contributed by atoms with Crippen LogP contribution in [0.2, 0.25) is 0 Å². The van der Waals surface area contributed by atoms with Gasteiger partial charge in [-0.25, -0.2) is 0 Å². The zero-order valence-corrected chi connectivity index (χ0v) is 6.94. The molecule has 0 amide bonds. The van der Waals surface area contributed by atoms with Crippen LogP contribution in [-0.2, 0) is 4.74 Å². The zero-order valence-electron chi connectivity index (χ0n) is 6.94. The number of halogens is 2. The van der Waals surface area contributed by atoms with Gasteiger partial charge in [0.2, 0.25) is 0 Å². The van der Waals surface area contributed by atoms with Crippen LogP contribution in [0.4, 0.5) is 8.78 Å². The Labute approximate surface area is 65.7 Å². The van der Waals surface area contributed by atoms with Crippen molar-refractivity contribution in [1.29, 1.82) is 0 Å². The van der Waals surface area contributed by atoms with E-state index in [0.717, 1.165) is 12.8 Å². The van der Waals surface area contributed by atoms with Crippen LogP contribution in [0.15, 0.2) is 0 Å². The van der Waals surface area contributed by atoms with Gasteiger partial charge >= 0.3 is 6.61 Å². The first-order valence-electron chi connectivity index (χ1n) is 3.96. The third kappa shape index (κ3) is 2.12. The molecule has 0 aromatic heterocycles. The topological polar surface area (TPSA) is 9.23 Å². The SMILES string of the molecule is CC(C)C1(COC(F)F)CC1. The molecule has 1 fully saturated rings. The first kappa shape index (κ1) is 8.91. The molecule has 1 rings (SSSR count). The molecule has 0 radical (unpaired) electrons. The molecule has 0 atom stereocenters. The summed E-state index contributed by atoms with van der Waals surface area (Å²) >= 11 is 0. The summed E-state index contributed by atoms with van der Waals surface area (Å²) in [6.45, 7) is 1.73. The fourth-order valence-electron chi connectivity index (χ4n) is 1.28. The largest absolute Gasteiger partial charge is 0.345 e. The minimum absolute atomic E-state index is 0.0798. The quantitative estimate of drug-likeness (QED) is 0.620. The molecule has 1 aliphatic carbocycles. The average Bonchev–Trinajstić information content (AvgIpc) is 2.63. The number of rotatable bonds is 4. The molecule has 0 unspecified atom stereocenters. The van der Waals surface area contributed by atoms with Crippen molar-refractivity contribution in [2.24, 2.45) is 11.3 Å². The van der Waals surface area contributed by atoms with Gasteiger partial charge in [0.05, 0.1) is 6.61 Å². The lowest BCUT2D eigenvalue weighted by Gasteiger charge is -2.18. The van der Waals surface area contributed by atoms with Crippen molar-refractivity contribution in [3.63, 3.8) is 0 Å². The summed E-state index contributed by atoms with van der Waals surface area (Å²) in [7, 11) is 0. The molecule has 1 nitrogen and oxygen atoms in total. The van der Waals surface area contributed by atoms with Crippen LogP contribution < -0.4 is 0 Å². The second-order valence-electron chi connectivity index (χ2n) is 3.59. The van der Waals surface area contributed by atoms with E-state index in [1.54, 1.807) is 0 Å². The van der Waals surface area contributed by atoms with E-state index < -0.39 is 6.61 Å². The second-order valence-corrected chi connectivity index (χ2v) is 3.59. The molecule has 0 N–H and O–H groups in total. The van der Waals surface area contributed by atoms with Crippen molar-refractivity contribution in [3.05, 3.63) is 0 Å². The minimum atomic E-state index is -2.61. The molecule has 0 bridgehead atoms. The Morgan fingerprint density at radius 2 is 1.91 bits per heavy atom. The number of ether oxygens (including phenoxy) is 1. The Morgan fingerprint density at radius 3 is 2.18 bits per heavy atom. The van der Waals surface area contributed by atoms with Gasteiger partial charge in [-0.15, -0.1) is 0 Å². The highest BCUT2D eigenvalue weighted by atomic mass is 19.3. The predicted molar refractivity (Wildman–Crippen MR) is 38.5 cm³/mol. The molecular formula is C8H14F2O. The standard InChI is InChI=1S/C8H14F2O/c1-6(2)8(3-4-8)5-11-7(9)10/h6-7H,3-5H2,1-2H3. The second kappa shape index (κ2) is 3.05. The van der Waals surface area contributed by atoms with E-state index in [2.05, 4.69) is 18.6 Å². The molecular weight excluding hydrogens is 150 g/mol. The van der Waals surface area contributed by atoms with E-state index in [1.165, 1.54) is 0 Å². The maximum absolute atomic E-state index is 11.6. The fraction of sp³-hybridized carbons (Fsp3) is 1.00. The summed E-state index contributed by atoms with van der Waals surface area (Å²) in [5.41, 5.74) is 0.0798. The van der Waals surface area contributed by atoms with Crippen LogP contribution in [0.5, 0.6) is 0 Å². The molecule has 0 spiro atoms. The highest BCUT2D eigenvalue weighted by molar-refractivity contribution is 4.95. The molecule has 0 saturated heterocycles. The molecule has 1 saturated carbocycles. The minimum Gasteiger partial charge on any atom is -0.322 e. The molecule has 0 aromatic carbocycles. The zero-order chi connectivity index (χ0) is 8.48. The van der Waals surface area contributed by atoms with Crippen molar-refractivity contribution in [3.8, 4) is 0 Å². The lowest BCUT2D eigenvalue weighted by atomic mass is 9.94. The van der Waals surface area contributed by atoms with Crippen molar-refractivity contribution < 1.29 is 13.5 Å². The lowest BCUT2D eigenvalue weighted by Crippen LogP contribution is -2.18. The Morgan fingerprint density at radius 1 is 1.36 bits per heavy atom. The number of alkyl halides is 2. The van der Waals surface area contributed by atoms with Crippen LogP contribution in [0, 0.1) is 11.3 Å². The molecule has 11 heavy (non-hydrogen) atoms. The summed E-state index contributed by atoms with van der Waals surface area (Å²) in [6, 6.07) is 0. The molecule has 66 valence electrons. The average molecular weight is 164 g/mol. The van der Waals surface area contributed by atoms with Gasteiger partial charge < -0.3 is 4.74 Å². The Kier molecular flexibility index (Phi) is 2.47. The van der Waals surface area contributed by atoms with Crippen LogP contribution in [0.1, 0.15) is 26.7 Å². The molecule has 1 aliphatic rings. The maximum Gasteiger partial charge on any atom is 0.345 e. The Balaban J connectivity index is 2.25. The highest BCUT2D eigenvalue weighted by Crippen LogP contribution is 2.52. The normalized spacial score (nSPS) is 21.3. The van der Waals surface area contributed by atoms with Gasteiger partial charge in [-0.1, -0.05) is 13.8 Å². The van der Waals surface area contributed by atoms with Crippen molar-refractivity contribution in [1.82, 2.24) is 0 Å². The summed E-state index contributed by atoms with van der Waals surface area (Å²) in [4.78, 5) is 0. The first-order valence-corrected chi connectivity index (χ1v) is 3.96. The third-order valence-corrected chi connectivity index (χ3v) is 2.61. The summed E-state index contributed by atoms with van der Waals surface area (Å²) < 4.78 is 27.6. The van der Waals surface area contributed by atoms with Crippen molar-refractivity contribution >= 4 is 0 Å². The summed E-state index contributed by atoms with van der Waals surface area (Å²) in [5, 5.41) is 0. The van der Waals surface area contributed by atoms with Gasteiger partial charge in [-0.2, -0.15) is 8.78 Å². The third-order valence-electron chi connectivity index (χ3n) is 2.61. The van der Waals surface area contributed by atoms with E-state index in [0.29, 0.717) is 5.92 Å². The van der Waals surface area contributed by atoms with Crippen LogP contribution in [0.25, 0.3) is 0 Å². The monoisotopic (exact) mass is 164 g/mol. The van der Waals surface area contributed by atoms with E-state index in [9.17, 15) is 8.78 Å². The molecule has 0 heterocycles. The summed E-state index contributed by atoms with van der Waals surface area (Å²) in [5.74, 6) is 0.459. The van der Waals surface area contributed by atoms with E-state index in [1.807, 2.05) is 0 Å². The van der Waals surface area contributed by atoms with Gasteiger partial charge in [0.25, 0.3) is 0 Å². The fourth-order valence-corrected chi connectivity index (χ4v) is 1.28. The highest BCUT2D eigenvalue weighted by Gasteiger charge is 2.45. The molecule has 0 aliphatic heterocycles. The number of hydrogen-bond donors (Lipinski definition) is 0. The Hall–Kier alpha value is -0.180. The van der Waals surface area contributed by atoms with E-state index in [-0.39, 0.29) is 12.0 Å². The van der Waals surface area contributed by atoms with Gasteiger partial charge in [-0.05, 0) is 24.2 Å². The smallest absolute Gasteiger partial charge is 0.322 e. The van der Waals surface area contributed by atoms with Gasteiger partial charge in [-0.3, -0.25) is 0 Å². The first-order chi connectivity index (χ1) is 5.07. The van der Waals surface area contributed by atoms with Crippen molar-refractivity contribution in [2.75, 3.05) is 6.61 Å². The Bertz CT molecular complexity index is 130. The van der Waals surface area contributed by atoms with Crippen LogP contribution in [0.3, 0.4) is 0 Å². The number of hydrogen-bond acceptors (Lipinski definition) is 1. The van der Waals surface area contributed by atoms with Crippen molar-refractivity contribution in [2.45, 2.75) is 33.3 Å². The van der Waals surface area contributed by atoms with E-state index in [4.69, 9.17) is 0 Å². The van der Waals surface area contributed by atoms with Gasteiger partial charge in [0, 0.05) is 0 Å². The van der Waals surface area contributed by atoms with Gasteiger partial charge in [0.15, 0.2) is 0 Å².